The molecule has 0 radical (unpaired) electrons. The zero-order chi connectivity index (χ0) is 43.0. The summed E-state index contributed by atoms with van der Waals surface area (Å²) >= 11 is 0. The largest absolute Gasteiger partial charge is 0.462 e. The number of esters is 3. The Hall–Kier alpha value is -2.11. The predicted molar refractivity (Wildman–Crippen MR) is 252 cm³/mol. The van der Waals surface area contributed by atoms with Gasteiger partial charge in [0.15, 0.2) is 6.10 Å². The maximum Gasteiger partial charge on any atom is 0.306 e. The van der Waals surface area contributed by atoms with Gasteiger partial charge in [0.25, 0.3) is 0 Å². The third-order valence-electron chi connectivity index (χ3n) is 11.5. The first-order valence-electron chi connectivity index (χ1n) is 25.8. The lowest BCUT2D eigenvalue weighted by Crippen LogP contribution is -2.30. The highest BCUT2D eigenvalue weighted by Crippen LogP contribution is 2.16. The van der Waals surface area contributed by atoms with E-state index in [1.165, 1.54) is 161 Å². The molecule has 0 aliphatic rings. The minimum absolute atomic E-state index is 0.0732. The number of hydrogen-bond acceptors (Lipinski definition) is 6. The second-order valence-corrected chi connectivity index (χ2v) is 17.4. The number of unbranched alkanes of at least 4 members (excludes halogenated alkanes) is 32. The molecule has 0 aliphatic carbocycles. The summed E-state index contributed by atoms with van der Waals surface area (Å²) < 4.78 is 16.7. The number of allylic oxidation sites excluding steroid dienone is 4. The molecule has 6 nitrogen and oxygen atoms in total. The fourth-order valence-corrected chi connectivity index (χ4v) is 7.53. The van der Waals surface area contributed by atoms with Gasteiger partial charge in [0.2, 0.25) is 0 Å². The fourth-order valence-electron chi connectivity index (χ4n) is 7.53. The van der Waals surface area contributed by atoms with Gasteiger partial charge in [0.1, 0.15) is 13.2 Å². The molecule has 0 N–H and O–H groups in total. The van der Waals surface area contributed by atoms with Crippen molar-refractivity contribution in [2.45, 2.75) is 284 Å². The number of rotatable bonds is 47. The van der Waals surface area contributed by atoms with Crippen LogP contribution < -0.4 is 0 Å². The summed E-state index contributed by atoms with van der Waals surface area (Å²) in [5.74, 6) is -0.884. The van der Waals surface area contributed by atoms with Gasteiger partial charge in [-0.3, -0.25) is 14.4 Å². The maximum atomic E-state index is 12.7. The highest BCUT2D eigenvalue weighted by Gasteiger charge is 2.19. The molecule has 59 heavy (non-hydrogen) atoms. The van der Waals surface area contributed by atoms with E-state index in [-0.39, 0.29) is 31.1 Å². The van der Waals surface area contributed by atoms with Crippen LogP contribution in [0.15, 0.2) is 24.3 Å². The van der Waals surface area contributed by atoms with E-state index in [2.05, 4.69) is 45.1 Å². The predicted octanol–water partition coefficient (Wildman–Crippen LogP) is 16.8. The van der Waals surface area contributed by atoms with Crippen LogP contribution in [0.1, 0.15) is 278 Å². The van der Waals surface area contributed by atoms with Gasteiger partial charge in [-0.2, -0.15) is 0 Å². The Morgan fingerprint density at radius 3 is 0.949 bits per heavy atom. The summed E-state index contributed by atoms with van der Waals surface area (Å²) in [6.45, 7) is 6.58. The fraction of sp³-hybridized carbons (Fsp3) is 0.868. The van der Waals surface area contributed by atoms with Crippen molar-refractivity contribution in [1.82, 2.24) is 0 Å². The van der Waals surface area contributed by atoms with Crippen LogP contribution in [-0.2, 0) is 28.6 Å². The van der Waals surface area contributed by atoms with Crippen molar-refractivity contribution in [2.24, 2.45) is 0 Å². The van der Waals surface area contributed by atoms with Crippen LogP contribution in [0.4, 0.5) is 0 Å². The lowest BCUT2D eigenvalue weighted by atomic mass is 10.0. The normalized spacial score (nSPS) is 12.1. The molecule has 1 unspecified atom stereocenters. The van der Waals surface area contributed by atoms with Crippen molar-refractivity contribution < 1.29 is 28.6 Å². The zero-order valence-electron chi connectivity index (χ0n) is 39.5. The minimum atomic E-state index is -0.771. The summed E-state index contributed by atoms with van der Waals surface area (Å²) in [5, 5.41) is 0. The van der Waals surface area contributed by atoms with Gasteiger partial charge < -0.3 is 14.2 Å². The Kier molecular flexibility index (Phi) is 46.8. The number of carbonyl (C=O) groups excluding carboxylic acids is 3. The van der Waals surface area contributed by atoms with Crippen LogP contribution in [-0.4, -0.2) is 37.2 Å². The summed E-state index contributed by atoms with van der Waals surface area (Å²) in [5.41, 5.74) is 0. The van der Waals surface area contributed by atoms with Crippen molar-refractivity contribution in [3.63, 3.8) is 0 Å². The number of hydrogen-bond donors (Lipinski definition) is 0. The third-order valence-corrected chi connectivity index (χ3v) is 11.5. The molecule has 0 spiro atoms. The van der Waals surface area contributed by atoms with Crippen LogP contribution in [0, 0.1) is 0 Å². The molecule has 0 bridgehead atoms. The molecule has 0 aromatic carbocycles. The Labute approximate surface area is 366 Å². The van der Waals surface area contributed by atoms with Crippen molar-refractivity contribution in [3.8, 4) is 0 Å². The average Bonchev–Trinajstić information content (AvgIpc) is 3.23. The molecule has 0 heterocycles. The van der Waals surface area contributed by atoms with E-state index in [1.54, 1.807) is 0 Å². The van der Waals surface area contributed by atoms with E-state index in [1.807, 2.05) is 0 Å². The van der Waals surface area contributed by atoms with Gasteiger partial charge >= 0.3 is 17.9 Å². The van der Waals surface area contributed by atoms with Gasteiger partial charge in [-0.15, -0.1) is 0 Å². The molecule has 0 saturated heterocycles. The van der Waals surface area contributed by atoms with Crippen molar-refractivity contribution in [2.75, 3.05) is 13.2 Å². The lowest BCUT2D eigenvalue weighted by molar-refractivity contribution is -0.167. The van der Waals surface area contributed by atoms with Crippen molar-refractivity contribution in [3.05, 3.63) is 24.3 Å². The first-order valence-corrected chi connectivity index (χ1v) is 25.8. The standard InChI is InChI=1S/C53H98O6/c1-4-7-10-13-16-18-20-22-24-26-27-28-30-31-33-35-37-40-43-46-52(55)58-49-50(48-57-51(54)45-42-39-15-12-9-6-3)59-53(56)47-44-41-38-36-34-32-29-25-23-21-19-17-14-11-8-5-2/h19,21,25,29,50H,4-18,20,22-24,26-28,30-49H2,1-3H3/b21-19-,29-25-. The molecule has 6 heteroatoms. The van der Waals surface area contributed by atoms with E-state index >= 15 is 0 Å². The van der Waals surface area contributed by atoms with Crippen molar-refractivity contribution in [1.29, 1.82) is 0 Å². The van der Waals surface area contributed by atoms with Gasteiger partial charge in [-0.05, 0) is 51.4 Å². The molecular formula is C53H98O6. The van der Waals surface area contributed by atoms with Crippen LogP contribution >= 0.6 is 0 Å². The van der Waals surface area contributed by atoms with Gasteiger partial charge in [0, 0.05) is 19.3 Å². The first-order chi connectivity index (χ1) is 29.0. The van der Waals surface area contributed by atoms with Crippen LogP contribution in [0.2, 0.25) is 0 Å². The van der Waals surface area contributed by atoms with Crippen LogP contribution in [0.25, 0.3) is 0 Å². The third kappa shape index (κ3) is 46.8. The monoisotopic (exact) mass is 831 g/mol. The van der Waals surface area contributed by atoms with Gasteiger partial charge in [-0.1, -0.05) is 231 Å². The molecule has 0 saturated carbocycles. The maximum absolute atomic E-state index is 12.7. The Bertz CT molecular complexity index is 958. The average molecular weight is 831 g/mol. The summed E-state index contributed by atoms with van der Waals surface area (Å²) in [6.07, 6.45) is 54.7. The first kappa shape index (κ1) is 56.9. The highest BCUT2D eigenvalue weighted by atomic mass is 16.6. The molecule has 0 fully saturated rings. The van der Waals surface area contributed by atoms with E-state index in [0.717, 1.165) is 77.0 Å². The van der Waals surface area contributed by atoms with E-state index in [0.29, 0.717) is 19.3 Å². The van der Waals surface area contributed by atoms with Gasteiger partial charge in [-0.25, -0.2) is 0 Å². The van der Waals surface area contributed by atoms with E-state index in [4.69, 9.17) is 14.2 Å². The smallest absolute Gasteiger partial charge is 0.306 e. The SMILES string of the molecule is CCCCCC/C=C\C/C=C\CCCCCCCC(=O)OC(COC(=O)CCCCCCCC)COC(=O)CCCCCCCCCCCCCCCCCCCCC. The number of ether oxygens (including phenoxy) is 3. The molecule has 1 atom stereocenters. The quantitative estimate of drug-likeness (QED) is 0.0263. The molecule has 0 aromatic rings. The van der Waals surface area contributed by atoms with E-state index in [9.17, 15) is 14.4 Å². The Morgan fingerprint density at radius 1 is 0.339 bits per heavy atom. The topological polar surface area (TPSA) is 78.9 Å². The second-order valence-electron chi connectivity index (χ2n) is 17.4. The Balaban J connectivity index is 4.18. The highest BCUT2D eigenvalue weighted by molar-refractivity contribution is 5.71. The summed E-state index contributed by atoms with van der Waals surface area (Å²) in [7, 11) is 0. The minimum Gasteiger partial charge on any atom is -0.462 e. The molecular weight excluding hydrogens is 733 g/mol. The zero-order valence-corrected chi connectivity index (χ0v) is 39.5. The van der Waals surface area contributed by atoms with Gasteiger partial charge in [0.05, 0.1) is 0 Å². The van der Waals surface area contributed by atoms with E-state index < -0.39 is 6.10 Å². The Morgan fingerprint density at radius 2 is 0.610 bits per heavy atom. The molecule has 0 aromatic heterocycles. The molecule has 0 amide bonds. The summed E-state index contributed by atoms with van der Waals surface area (Å²) in [4.78, 5) is 37.7. The molecule has 346 valence electrons. The lowest BCUT2D eigenvalue weighted by Gasteiger charge is -2.18. The second kappa shape index (κ2) is 48.6. The van der Waals surface area contributed by atoms with Crippen LogP contribution in [0.5, 0.6) is 0 Å². The van der Waals surface area contributed by atoms with Crippen molar-refractivity contribution >= 4 is 17.9 Å². The molecule has 0 aliphatic heterocycles. The molecule has 0 rings (SSSR count). The summed E-state index contributed by atoms with van der Waals surface area (Å²) in [6, 6.07) is 0. The van der Waals surface area contributed by atoms with Crippen LogP contribution in [0.3, 0.4) is 0 Å². The number of carbonyl (C=O) groups is 3.